The van der Waals surface area contributed by atoms with Crippen LogP contribution in [0.2, 0.25) is 0 Å². The third-order valence-corrected chi connectivity index (χ3v) is 3.43. The summed E-state index contributed by atoms with van der Waals surface area (Å²) in [4.78, 5) is 8.72. The zero-order valence-electron chi connectivity index (χ0n) is 11.6. The number of halogens is 2. The van der Waals surface area contributed by atoms with Gasteiger partial charge in [0.25, 0.3) is 0 Å². The first-order valence-electron chi connectivity index (χ1n) is 6.32. The average molecular weight is 339 g/mol. The molecule has 0 aliphatic rings. The van der Waals surface area contributed by atoms with Crippen molar-refractivity contribution in [3.63, 3.8) is 0 Å². The van der Waals surface area contributed by atoms with Crippen molar-refractivity contribution in [2.75, 3.05) is 17.2 Å². The van der Waals surface area contributed by atoms with Gasteiger partial charge in [-0.05, 0) is 54.9 Å². The Balaban J connectivity index is 2.35. The lowest BCUT2D eigenvalue weighted by molar-refractivity contribution is 0.622. The van der Waals surface area contributed by atoms with Crippen molar-refractivity contribution < 1.29 is 4.39 Å². The van der Waals surface area contributed by atoms with E-state index in [1.807, 2.05) is 20.8 Å². The number of nitrogens with one attached hydrogen (secondary N) is 2. The van der Waals surface area contributed by atoms with Crippen LogP contribution in [0.1, 0.15) is 18.3 Å². The molecule has 0 saturated carbocycles. The molecule has 106 valence electrons. The molecule has 1 aromatic carbocycles. The van der Waals surface area contributed by atoms with Crippen molar-refractivity contribution in [1.29, 1.82) is 0 Å². The van der Waals surface area contributed by atoms with E-state index in [2.05, 4.69) is 36.5 Å². The summed E-state index contributed by atoms with van der Waals surface area (Å²) < 4.78 is 14.0. The second-order valence-electron chi connectivity index (χ2n) is 4.38. The molecule has 4 nitrogen and oxygen atoms in total. The molecule has 0 radical (unpaired) electrons. The summed E-state index contributed by atoms with van der Waals surface area (Å²) in [5.41, 5.74) is 1.55. The standard InChI is InChI=1S/C14H16BrFN4/c1-4-17-13-8(2)14(19-9(3)18-13)20-10-5-6-11(15)12(16)7-10/h5-7H,4H2,1-3H3,(H2,17,18,19,20). The van der Waals surface area contributed by atoms with Gasteiger partial charge in [-0.3, -0.25) is 0 Å². The van der Waals surface area contributed by atoms with E-state index in [9.17, 15) is 4.39 Å². The second kappa shape index (κ2) is 6.17. The third kappa shape index (κ3) is 3.25. The highest BCUT2D eigenvalue weighted by molar-refractivity contribution is 9.10. The molecule has 0 saturated heterocycles. The zero-order chi connectivity index (χ0) is 14.7. The SMILES string of the molecule is CCNc1nc(C)nc(Nc2ccc(Br)c(F)c2)c1C. The van der Waals surface area contributed by atoms with E-state index in [0.29, 0.717) is 21.8 Å². The molecule has 0 aliphatic carbocycles. The number of nitrogens with zero attached hydrogens (tertiary/aromatic N) is 2. The lowest BCUT2D eigenvalue weighted by atomic mass is 10.2. The highest BCUT2D eigenvalue weighted by Crippen LogP contribution is 2.25. The van der Waals surface area contributed by atoms with Gasteiger partial charge in [-0.15, -0.1) is 0 Å². The first kappa shape index (κ1) is 14.7. The van der Waals surface area contributed by atoms with E-state index in [4.69, 9.17) is 0 Å². The van der Waals surface area contributed by atoms with Crippen LogP contribution in [0, 0.1) is 19.7 Å². The van der Waals surface area contributed by atoms with Gasteiger partial charge in [-0.25, -0.2) is 14.4 Å². The van der Waals surface area contributed by atoms with Gasteiger partial charge in [0.2, 0.25) is 0 Å². The summed E-state index contributed by atoms with van der Waals surface area (Å²) >= 11 is 3.13. The Bertz CT molecular complexity index is 631. The van der Waals surface area contributed by atoms with Gasteiger partial charge in [0.15, 0.2) is 0 Å². The predicted octanol–water partition coefficient (Wildman–Crippen LogP) is 4.17. The maximum absolute atomic E-state index is 13.5. The highest BCUT2D eigenvalue weighted by Gasteiger charge is 2.09. The fraction of sp³-hybridized carbons (Fsp3) is 0.286. The van der Waals surface area contributed by atoms with Crippen LogP contribution in [-0.4, -0.2) is 16.5 Å². The molecule has 0 fully saturated rings. The van der Waals surface area contributed by atoms with E-state index in [0.717, 1.165) is 17.9 Å². The topological polar surface area (TPSA) is 49.8 Å². The monoisotopic (exact) mass is 338 g/mol. The number of anilines is 3. The molecule has 2 aromatic rings. The quantitative estimate of drug-likeness (QED) is 0.878. The normalized spacial score (nSPS) is 10.4. The number of rotatable bonds is 4. The van der Waals surface area contributed by atoms with Crippen molar-refractivity contribution >= 4 is 33.3 Å². The molecule has 6 heteroatoms. The van der Waals surface area contributed by atoms with Crippen LogP contribution in [0.5, 0.6) is 0 Å². The largest absolute Gasteiger partial charge is 0.370 e. The second-order valence-corrected chi connectivity index (χ2v) is 5.23. The minimum atomic E-state index is -0.315. The van der Waals surface area contributed by atoms with Crippen LogP contribution < -0.4 is 10.6 Å². The smallest absolute Gasteiger partial charge is 0.139 e. The number of hydrogen-bond donors (Lipinski definition) is 2. The summed E-state index contributed by atoms with van der Waals surface area (Å²) in [5.74, 6) is 1.81. The molecular formula is C14H16BrFN4. The van der Waals surface area contributed by atoms with Crippen molar-refractivity contribution in [3.05, 3.63) is 39.9 Å². The molecule has 0 bridgehead atoms. The van der Waals surface area contributed by atoms with E-state index in [-0.39, 0.29) is 5.82 Å². The van der Waals surface area contributed by atoms with Gasteiger partial charge in [0.05, 0.1) is 4.47 Å². The van der Waals surface area contributed by atoms with Crippen molar-refractivity contribution in [2.45, 2.75) is 20.8 Å². The molecule has 1 heterocycles. The fourth-order valence-electron chi connectivity index (χ4n) is 1.80. The van der Waals surface area contributed by atoms with Gasteiger partial charge in [0.1, 0.15) is 23.3 Å². The molecule has 2 rings (SSSR count). The van der Waals surface area contributed by atoms with E-state index >= 15 is 0 Å². The Labute approximate surface area is 126 Å². The van der Waals surface area contributed by atoms with Crippen LogP contribution in [0.25, 0.3) is 0 Å². The van der Waals surface area contributed by atoms with Crippen LogP contribution in [0.15, 0.2) is 22.7 Å². The van der Waals surface area contributed by atoms with Crippen LogP contribution in [0.4, 0.5) is 21.7 Å². The maximum atomic E-state index is 13.5. The molecule has 0 aliphatic heterocycles. The van der Waals surface area contributed by atoms with Gasteiger partial charge < -0.3 is 10.6 Å². The van der Waals surface area contributed by atoms with Gasteiger partial charge >= 0.3 is 0 Å². The minimum absolute atomic E-state index is 0.315. The highest BCUT2D eigenvalue weighted by atomic mass is 79.9. The summed E-state index contributed by atoms with van der Waals surface area (Å²) in [6.45, 7) is 6.54. The summed E-state index contributed by atoms with van der Waals surface area (Å²) in [7, 11) is 0. The van der Waals surface area contributed by atoms with Gasteiger partial charge in [-0.2, -0.15) is 0 Å². The van der Waals surface area contributed by atoms with Crippen LogP contribution in [0.3, 0.4) is 0 Å². The van der Waals surface area contributed by atoms with Crippen LogP contribution in [-0.2, 0) is 0 Å². The Kier molecular flexibility index (Phi) is 4.54. The molecule has 0 unspecified atom stereocenters. The van der Waals surface area contributed by atoms with Gasteiger partial charge in [0, 0.05) is 17.8 Å². The molecule has 20 heavy (non-hydrogen) atoms. The van der Waals surface area contributed by atoms with Crippen molar-refractivity contribution in [3.8, 4) is 0 Å². The Morgan fingerprint density at radius 2 is 1.90 bits per heavy atom. The lowest BCUT2D eigenvalue weighted by Crippen LogP contribution is -2.07. The van der Waals surface area contributed by atoms with Crippen molar-refractivity contribution in [1.82, 2.24) is 9.97 Å². The predicted molar refractivity (Wildman–Crippen MR) is 83.1 cm³/mol. The summed E-state index contributed by atoms with van der Waals surface area (Å²) in [6, 6.07) is 4.87. The van der Waals surface area contributed by atoms with Gasteiger partial charge in [-0.1, -0.05) is 0 Å². The maximum Gasteiger partial charge on any atom is 0.139 e. The summed E-state index contributed by atoms with van der Waals surface area (Å²) in [5, 5.41) is 6.32. The number of hydrogen-bond acceptors (Lipinski definition) is 4. The zero-order valence-corrected chi connectivity index (χ0v) is 13.2. The first-order chi connectivity index (χ1) is 9.51. The van der Waals surface area contributed by atoms with E-state index in [1.54, 1.807) is 12.1 Å². The number of benzene rings is 1. The van der Waals surface area contributed by atoms with Crippen LogP contribution >= 0.6 is 15.9 Å². The summed E-state index contributed by atoms with van der Waals surface area (Å²) in [6.07, 6.45) is 0. The van der Waals surface area contributed by atoms with E-state index < -0.39 is 0 Å². The number of aryl methyl sites for hydroxylation is 1. The Morgan fingerprint density at radius 3 is 2.55 bits per heavy atom. The molecule has 0 spiro atoms. The van der Waals surface area contributed by atoms with E-state index in [1.165, 1.54) is 6.07 Å². The molecule has 2 N–H and O–H groups in total. The Morgan fingerprint density at radius 1 is 1.20 bits per heavy atom. The first-order valence-corrected chi connectivity index (χ1v) is 7.11. The minimum Gasteiger partial charge on any atom is -0.370 e. The molecule has 1 aromatic heterocycles. The average Bonchev–Trinajstić information content (AvgIpc) is 2.39. The fourth-order valence-corrected chi connectivity index (χ4v) is 2.05. The molecular weight excluding hydrogens is 323 g/mol. The van der Waals surface area contributed by atoms with Crippen molar-refractivity contribution in [2.24, 2.45) is 0 Å². The Hall–Kier alpha value is -1.69. The molecule has 0 atom stereocenters. The third-order valence-electron chi connectivity index (χ3n) is 2.78. The lowest BCUT2D eigenvalue weighted by Gasteiger charge is -2.13. The molecule has 0 amide bonds. The number of aromatic nitrogens is 2.